The zero-order valence-electron chi connectivity index (χ0n) is 14.2. The van der Waals surface area contributed by atoms with E-state index in [0.717, 1.165) is 49.6 Å². The molecule has 0 aliphatic carbocycles. The Bertz CT molecular complexity index is 841. The van der Waals surface area contributed by atoms with Crippen molar-refractivity contribution >= 4 is 34.7 Å². The Morgan fingerprint density at radius 3 is 2.40 bits per heavy atom. The number of thiophene rings is 1. The van der Waals surface area contributed by atoms with E-state index < -0.39 is 0 Å². The third-order valence-corrected chi connectivity index (χ3v) is 5.87. The van der Waals surface area contributed by atoms with Gasteiger partial charge in [-0.25, -0.2) is 0 Å². The molecule has 2 aromatic heterocycles. The number of methoxy groups -OCH3 is 2. The molecule has 0 N–H and O–H groups in total. The molecule has 0 amide bonds. The SMILES string of the molecule is CCn1c(SCc2cc(OC)cc(OC)c2)nnc1-c1ccc(Cl)s1. The van der Waals surface area contributed by atoms with Crippen LogP contribution in [-0.4, -0.2) is 29.0 Å². The normalized spacial score (nSPS) is 10.9. The molecule has 25 heavy (non-hydrogen) atoms. The van der Waals surface area contributed by atoms with Crippen molar-refractivity contribution in [2.45, 2.75) is 24.4 Å². The highest BCUT2D eigenvalue weighted by atomic mass is 35.5. The molecule has 0 aliphatic heterocycles. The maximum absolute atomic E-state index is 6.04. The minimum absolute atomic E-state index is 0.747. The Morgan fingerprint density at radius 1 is 1.12 bits per heavy atom. The van der Waals surface area contributed by atoms with E-state index in [0.29, 0.717) is 0 Å². The fourth-order valence-corrected chi connectivity index (χ4v) is 4.36. The molecule has 0 saturated carbocycles. The van der Waals surface area contributed by atoms with E-state index in [1.807, 2.05) is 30.3 Å². The van der Waals surface area contributed by atoms with E-state index in [1.54, 1.807) is 26.0 Å². The van der Waals surface area contributed by atoms with E-state index in [4.69, 9.17) is 21.1 Å². The van der Waals surface area contributed by atoms with E-state index in [-0.39, 0.29) is 0 Å². The van der Waals surface area contributed by atoms with E-state index in [9.17, 15) is 0 Å². The van der Waals surface area contributed by atoms with Crippen molar-refractivity contribution in [3.8, 4) is 22.2 Å². The summed E-state index contributed by atoms with van der Waals surface area (Å²) >= 11 is 9.19. The van der Waals surface area contributed by atoms with Crippen molar-refractivity contribution in [3.63, 3.8) is 0 Å². The number of nitrogens with zero attached hydrogens (tertiary/aromatic N) is 3. The zero-order valence-corrected chi connectivity index (χ0v) is 16.5. The minimum atomic E-state index is 0.747. The fraction of sp³-hybridized carbons (Fsp3) is 0.294. The Hall–Kier alpha value is -1.70. The van der Waals surface area contributed by atoms with Gasteiger partial charge in [-0.15, -0.1) is 21.5 Å². The summed E-state index contributed by atoms with van der Waals surface area (Å²) in [6.45, 7) is 2.88. The van der Waals surface area contributed by atoms with Crippen LogP contribution in [0.3, 0.4) is 0 Å². The van der Waals surface area contributed by atoms with Crippen LogP contribution in [0.5, 0.6) is 11.5 Å². The zero-order chi connectivity index (χ0) is 17.8. The summed E-state index contributed by atoms with van der Waals surface area (Å²) in [7, 11) is 3.30. The van der Waals surface area contributed by atoms with E-state index in [2.05, 4.69) is 21.7 Å². The van der Waals surface area contributed by atoms with Crippen molar-refractivity contribution in [2.75, 3.05) is 14.2 Å². The second kappa shape index (κ2) is 8.12. The quantitative estimate of drug-likeness (QED) is 0.527. The molecule has 1 aromatic carbocycles. The van der Waals surface area contributed by atoms with Crippen molar-refractivity contribution in [2.24, 2.45) is 0 Å². The molecule has 0 spiro atoms. The third-order valence-electron chi connectivity index (χ3n) is 3.61. The van der Waals surface area contributed by atoms with Gasteiger partial charge in [0.25, 0.3) is 0 Å². The second-order valence-corrected chi connectivity index (χ2v) is 7.82. The molecule has 3 aromatic rings. The van der Waals surface area contributed by atoms with Gasteiger partial charge in [0.2, 0.25) is 0 Å². The first kappa shape index (κ1) is 18.1. The molecule has 3 rings (SSSR count). The predicted octanol–water partition coefficient (Wildman–Crippen LogP) is 4.99. The lowest BCUT2D eigenvalue weighted by molar-refractivity contribution is 0.393. The molecule has 0 radical (unpaired) electrons. The molecule has 0 aliphatic rings. The summed E-state index contributed by atoms with van der Waals surface area (Å²) in [6.07, 6.45) is 0. The summed E-state index contributed by atoms with van der Waals surface area (Å²) in [6, 6.07) is 9.72. The van der Waals surface area contributed by atoms with Crippen molar-refractivity contribution in [1.82, 2.24) is 14.8 Å². The van der Waals surface area contributed by atoms with Crippen LogP contribution in [0.1, 0.15) is 12.5 Å². The standard InChI is InChI=1S/C17H18ClN3O2S2/c1-4-21-16(14-5-6-15(18)25-14)19-20-17(21)24-10-11-7-12(22-2)9-13(8-11)23-3/h5-9H,4,10H2,1-3H3. The topological polar surface area (TPSA) is 49.2 Å². The van der Waals surface area contributed by atoms with Crippen LogP contribution in [0.25, 0.3) is 10.7 Å². The van der Waals surface area contributed by atoms with E-state index >= 15 is 0 Å². The molecule has 0 bridgehead atoms. The van der Waals surface area contributed by atoms with Gasteiger partial charge < -0.3 is 14.0 Å². The monoisotopic (exact) mass is 395 g/mol. The van der Waals surface area contributed by atoms with Crippen LogP contribution in [0.2, 0.25) is 4.34 Å². The molecule has 0 saturated heterocycles. The molecule has 8 heteroatoms. The summed E-state index contributed by atoms with van der Waals surface area (Å²) < 4.78 is 13.5. The molecule has 132 valence electrons. The third kappa shape index (κ3) is 4.11. The summed E-state index contributed by atoms with van der Waals surface area (Å²) in [5.41, 5.74) is 1.10. The van der Waals surface area contributed by atoms with Crippen molar-refractivity contribution in [1.29, 1.82) is 0 Å². The Kier molecular flexibility index (Phi) is 5.88. The Morgan fingerprint density at radius 2 is 1.84 bits per heavy atom. The average Bonchev–Trinajstić information content (AvgIpc) is 3.24. The van der Waals surface area contributed by atoms with E-state index in [1.165, 1.54) is 11.3 Å². The van der Waals surface area contributed by atoms with Crippen LogP contribution in [-0.2, 0) is 12.3 Å². The van der Waals surface area contributed by atoms with Gasteiger partial charge in [-0.1, -0.05) is 23.4 Å². The highest BCUT2D eigenvalue weighted by Gasteiger charge is 2.15. The molecule has 0 unspecified atom stereocenters. The van der Waals surface area contributed by atoms with Gasteiger partial charge in [0, 0.05) is 18.4 Å². The first-order valence-electron chi connectivity index (χ1n) is 7.68. The maximum atomic E-state index is 6.04. The van der Waals surface area contributed by atoms with Gasteiger partial charge in [0.05, 0.1) is 23.4 Å². The lowest BCUT2D eigenvalue weighted by atomic mass is 10.2. The van der Waals surface area contributed by atoms with Crippen LogP contribution >= 0.6 is 34.7 Å². The van der Waals surface area contributed by atoms with Crippen molar-refractivity contribution in [3.05, 3.63) is 40.2 Å². The van der Waals surface area contributed by atoms with Crippen LogP contribution in [0, 0.1) is 0 Å². The highest BCUT2D eigenvalue weighted by molar-refractivity contribution is 7.98. The van der Waals surface area contributed by atoms with Crippen molar-refractivity contribution < 1.29 is 9.47 Å². The number of hydrogen-bond donors (Lipinski definition) is 0. The van der Waals surface area contributed by atoms with Gasteiger partial charge >= 0.3 is 0 Å². The average molecular weight is 396 g/mol. The number of halogens is 1. The molecular formula is C17H18ClN3O2S2. The van der Waals surface area contributed by atoms with Crippen LogP contribution < -0.4 is 9.47 Å². The van der Waals surface area contributed by atoms with Gasteiger partial charge in [0.1, 0.15) is 11.5 Å². The number of aromatic nitrogens is 3. The van der Waals surface area contributed by atoms with Crippen LogP contribution in [0.4, 0.5) is 0 Å². The Balaban J connectivity index is 1.81. The molecule has 0 atom stereocenters. The number of benzene rings is 1. The largest absolute Gasteiger partial charge is 0.497 e. The lowest BCUT2D eigenvalue weighted by Gasteiger charge is -2.09. The van der Waals surface area contributed by atoms with Gasteiger partial charge in [-0.05, 0) is 36.8 Å². The fourth-order valence-electron chi connectivity index (χ4n) is 2.39. The summed E-state index contributed by atoms with van der Waals surface area (Å²) in [5, 5.41) is 9.57. The second-order valence-electron chi connectivity index (χ2n) is 5.16. The molecule has 0 fully saturated rings. The van der Waals surface area contributed by atoms with Crippen LogP contribution in [0.15, 0.2) is 35.5 Å². The van der Waals surface area contributed by atoms with Gasteiger partial charge in [-0.2, -0.15) is 0 Å². The first-order chi connectivity index (χ1) is 12.1. The van der Waals surface area contributed by atoms with Gasteiger partial charge in [0.15, 0.2) is 11.0 Å². The number of ether oxygens (including phenoxy) is 2. The molecular weight excluding hydrogens is 378 g/mol. The predicted molar refractivity (Wildman–Crippen MR) is 103 cm³/mol. The number of rotatable bonds is 7. The lowest BCUT2D eigenvalue weighted by Crippen LogP contribution is -1.99. The maximum Gasteiger partial charge on any atom is 0.191 e. The minimum Gasteiger partial charge on any atom is -0.497 e. The Labute approximate surface area is 159 Å². The smallest absolute Gasteiger partial charge is 0.191 e. The first-order valence-corrected chi connectivity index (χ1v) is 9.86. The highest BCUT2D eigenvalue weighted by Crippen LogP contribution is 2.33. The van der Waals surface area contributed by atoms with Gasteiger partial charge in [-0.3, -0.25) is 0 Å². The number of thioether (sulfide) groups is 1. The molecule has 5 nitrogen and oxygen atoms in total. The summed E-state index contributed by atoms with van der Waals surface area (Å²) in [5.74, 6) is 3.16. The number of hydrogen-bond acceptors (Lipinski definition) is 6. The molecule has 2 heterocycles. The summed E-state index contributed by atoms with van der Waals surface area (Å²) in [4.78, 5) is 1.02.